The number of benzene rings is 1. The molecule has 4 rings (SSSR count). The smallest absolute Gasteiger partial charge is 0.278 e. The highest BCUT2D eigenvalue weighted by Crippen LogP contribution is 2.28. The minimum atomic E-state index is -0.255. The number of hydrogen-bond acceptors (Lipinski definition) is 5. The molecule has 0 saturated carbocycles. The zero-order chi connectivity index (χ0) is 15.8. The second-order valence-electron chi connectivity index (χ2n) is 5.42. The van der Waals surface area contributed by atoms with Gasteiger partial charge in [0.1, 0.15) is 11.9 Å². The number of hydrogen-bond donors (Lipinski definition) is 0. The molecule has 3 heterocycles. The van der Waals surface area contributed by atoms with E-state index in [1.165, 1.54) is 12.1 Å². The summed E-state index contributed by atoms with van der Waals surface area (Å²) in [6.07, 6.45) is 0.567. The van der Waals surface area contributed by atoms with Crippen LogP contribution in [0.1, 0.15) is 30.1 Å². The number of rotatable bonds is 3. The second kappa shape index (κ2) is 5.58. The van der Waals surface area contributed by atoms with Crippen LogP contribution in [-0.2, 0) is 24.3 Å². The van der Waals surface area contributed by atoms with Gasteiger partial charge in [0.2, 0.25) is 0 Å². The van der Waals surface area contributed by atoms with Crippen molar-refractivity contribution in [3.63, 3.8) is 0 Å². The first kappa shape index (κ1) is 14.1. The molecule has 0 spiro atoms. The normalized spacial score (nSPS) is 17.2. The molecule has 0 N–H and O–H groups in total. The Labute approximate surface area is 131 Å². The number of halogens is 1. The largest absolute Gasteiger partial charge is 0.365 e. The van der Waals surface area contributed by atoms with Crippen LogP contribution in [0.4, 0.5) is 4.39 Å². The molecule has 0 amide bonds. The lowest BCUT2D eigenvalue weighted by atomic mass is 10.1. The number of aromatic nitrogens is 4. The van der Waals surface area contributed by atoms with E-state index in [9.17, 15) is 4.39 Å². The summed E-state index contributed by atoms with van der Waals surface area (Å²) in [7, 11) is 0. The summed E-state index contributed by atoms with van der Waals surface area (Å²) in [5, 5.41) is 8.41. The Bertz CT molecular complexity index is 825. The molecule has 1 aromatic carbocycles. The van der Waals surface area contributed by atoms with Crippen molar-refractivity contribution < 1.29 is 13.7 Å². The summed E-state index contributed by atoms with van der Waals surface area (Å²) in [4.78, 5) is 4.29. The Kier molecular flexibility index (Phi) is 3.42. The van der Waals surface area contributed by atoms with Crippen molar-refractivity contribution in [3.05, 3.63) is 53.2 Å². The highest BCUT2D eigenvalue weighted by molar-refractivity contribution is 5.47. The van der Waals surface area contributed by atoms with Crippen molar-refractivity contribution >= 4 is 0 Å². The summed E-state index contributed by atoms with van der Waals surface area (Å²) in [5.74, 6) is 0.822. The molecule has 2 aromatic heterocycles. The van der Waals surface area contributed by atoms with Gasteiger partial charge in [-0.2, -0.15) is 10.1 Å². The van der Waals surface area contributed by atoms with Crippen LogP contribution in [0, 0.1) is 5.82 Å². The fraction of sp³-hybridized carbons (Fsp3) is 0.312. The van der Waals surface area contributed by atoms with Crippen molar-refractivity contribution in [3.8, 4) is 11.6 Å². The zero-order valence-electron chi connectivity index (χ0n) is 12.6. The van der Waals surface area contributed by atoms with Gasteiger partial charge in [0.05, 0.1) is 18.8 Å². The van der Waals surface area contributed by atoms with E-state index in [-0.39, 0.29) is 11.9 Å². The van der Waals surface area contributed by atoms with Crippen molar-refractivity contribution in [1.82, 2.24) is 19.9 Å². The molecule has 118 valence electrons. The topological polar surface area (TPSA) is 66.0 Å². The predicted octanol–water partition coefficient (Wildman–Crippen LogP) is 2.91. The van der Waals surface area contributed by atoms with Gasteiger partial charge < -0.3 is 9.26 Å². The maximum absolute atomic E-state index is 13.0. The van der Waals surface area contributed by atoms with Gasteiger partial charge in [0.15, 0.2) is 11.5 Å². The van der Waals surface area contributed by atoms with Crippen LogP contribution in [0.15, 0.2) is 34.9 Å². The number of ether oxygens (including phenoxy) is 1. The lowest BCUT2D eigenvalue weighted by Gasteiger charge is -2.24. The molecule has 1 aliphatic heterocycles. The first-order chi connectivity index (χ1) is 11.2. The summed E-state index contributed by atoms with van der Waals surface area (Å²) in [6.45, 7) is 2.97. The third-order valence-corrected chi connectivity index (χ3v) is 3.88. The van der Waals surface area contributed by atoms with E-state index in [4.69, 9.17) is 9.26 Å². The standard InChI is InChI=1S/C16H15FN4O2/c1-2-15-18-16(23-20-15)13-7-12-9-22-14(8-21(12)19-13)10-3-5-11(17)6-4-10/h3-7,14H,2,8-9H2,1H3/t14-/m1/s1. The van der Waals surface area contributed by atoms with Gasteiger partial charge in [-0.05, 0) is 23.8 Å². The van der Waals surface area contributed by atoms with Crippen LogP contribution in [-0.4, -0.2) is 19.9 Å². The average Bonchev–Trinajstić information content (AvgIpc) is 3.21. The lowest BCUT2D eigenvalue weighted by Crippen LogP contribution is -2.21. The molecule has 23 heavy (non-hydrogen) atoms. The highest BCUT2D eigenvalue weighted by atomic mass is 19.1. The fourth-order valence-electron chi connectivity index (χ4n) is 2.61. The Morgan fingerprint density at radius 3 is 2.87 bits per heavy atom. The van der Waals surface area contributed by atoms with Crippen molar-refractivity contribution in [2.75, 3.05) is 0 Å². The summed E-state index contributed by atoms with van der Waals surface area (Å²) in [6, 6.07) is 8.25. The summed E-state index contributed by atoms with van der Waals surface area (Å²) in [5.41, 5.74) is 2.53. The average molecular weight is 314 g/mol. The number of fused-ring (bicyclic) bond motifs is 1. The van der Waals surface area contributed by atoms with E-state index >= 15 is 0 Å². The van der Waals surface area contributed by atoms with Gasteiger partial charge in [-0.3, -0.25) is 4.68 Å². The summed E-state index contributed by atoms with van der Waals surface area (Å²) >= 11 is 0. The molecule has 0 bridgehead atoms. The molecular weight excluding hydrogens is 299 g/mol. The van der Waals surface area contributed by atoms with E-state index in [2.05, 4.69) is 15.2 Å². The molecule has 0 saturated heterocycles. The number of nitrogens with zero attached hydrogens (tertiary/aromatic N) is 4. The van der Waals surface area contributed by atoms with E-state index in [0.29, 0.717) is 37.0 Å². The molecule has 1 aliphatic rings. The lowest BCUT2D eigenvalue weighted by molar-refractivity contribution is -0.00116. The Balaban J connectivity index is 1.59. The first-order valence-corrected chi connectivity index (χ1v) is 7.49. The molecule has 0 unspecified atom stereocenters. The Morgan fingerprint density at radius 2 is 2.13 bits per heavy atom. The van der Waals surface area contributed by atoms with Gasteiger partial charge in [0.25, 0.3) is 5.89 Å². The van der Waals surface area contributed by atoms with Crippen LogP contribution in [0.25, 0.3) is 11.6 Å². The molecule has 3 aromatic rings. The van der Waals surface area contributed by atoms with Crippen LogP contribution in [0.5, 0.6) is 0 Å². The molecule has 0 radical (unpaired) electrons. The third-order valence-electron chi connectivity index (χ3n) is 3.88. The quantitative estimate of drug-likeness (QED) is 0.743. The Hall–Kier alpha value is -2.54. The van der Waals surface area contributed by atoms with Crippen LogP contribution in [0.2, 0.25) is 0 Å². The SMILES string of the molecule is CCc1noc(-c2cc3n(n2)C[C@H](c2ccc(F)cc2)OC3)n1. The first-order valence-electron chi connectivity index (χ1n) is 7.49. The minimum Gasteiger partial charge on any atom is -0.365 e. The molecule has 6 nitrogen and oxygen atoms in total. The van der Waals surface area contributed by atoms with E-state index in [1.807, 2.05) is 17.7 Å². The minimum absolute atomic E-state index is 0.148. The van der Waals surface area contributed by atoms with Gasteiger partial charge in [-0.1, -0.05) is 24.2 Å². The van der Waals surface area contributed by atoms with Crippen LogP contribution < -0.4 is 0 Å². The van der Waals surface area contributed by atoms with Gasteiger partial charge in [-0.25, -0.2) is 4.39 Å². The van der Waals surface area contributed by atoms with Gasteiger partial charge >= 0.3 is 0 Å². The Morgan fingerprint density at radius 1 is 1.30 bits per heavy atom. The molecule has 7 heteroatoms. The molecule has 0 fully saturated rings. The highest BCUT2D eigenvalue weighted by Gasteiger charge is 2.24. The van der Waals surface area contributed by atoms with Gasteiger partial charge in [0, 0.05) is 6.42 Å². The van der Waals surface area contributed by atoms with Crippen molar-refractivity contribution in [2.24, 2.45) is 0 Å². The number of aryl methyl sites for hydroxylation is 1. The van der Waals surface area contributed by atoms with Crippen molar-refractivity contribution in [2.45, 2.75) is 32.6 Å². The monoisotopic (exact) mass is 314 g/mol. The second-order valence-corrected chi connectivity index (χ2v) is 5.42. The van der Waals surface area contributed by atoms with Crippen molar-refractivity contribution in [1.29, 1.82) is 0 Å². The van der Waals surface area contributed by atoms with E-state index in [0.717, 1.165) is 11.3 Å². The third kappa shape index (κ3) is 2.63. The summed E-state index contributed by atoms with van der Waals surface area (Å²) < 4.78 is 26.0. The predicted molar refractivity (Wildman–Crippen MR) is 78.8 cm³/mol. The maximum atomic E-state index is 13.0. The van der Waals surface area contributed by atoms with Crippen LogP contribution >= 0.6 is 0 Å². The molecule has 1 atom stereocenters. The zero-order valence-corrected chi connectivity index (χ0v) is 12.6. The van der Waals surface area contributed by atoms with E-state index in [1.54, 1.807) is 12.1 Å². The molecular formula is C16H15FN4O2. The fourth-order valence-corrected chi connectivity index (χ4v) is 2.61. The van der Waals surface area contributed by atoms with E-state index < -0.39 is 0 Å². The van der Waals surface area contributed by atoms with Gasteiger partial charge in [-0.15, -0.1) is 0 Å². The van der Waals surface area contributed by atoms with Crippen LogP contribution in [0.3, 0.4) is 0 Å². The maximum Gasteiger partial charge on any atom is 0.278 e. The molecule has 0 aliphatic carbocycles.